The monoisotopic (exact) mass is 284 g/mol. The fourth-order valence-corrected chi connectivity index (χ4v) is 1.70. The highest BCUT2D eigenvalue weighted by atomic mass is 16.3. The van der Waals surface area contributed by atoms with E-state index in [1.54, 1.807) is 0 Å². The number of aliphatic imine (C=N–C) groups is 1. The maximum atomic E-state index is 11.4. The minimum absolute atomic E-state index is 0.00217. The van der Waals surface area contributed by atoms with Crippen LogP contribution in [0.2, 0.25) is 0 Å². The van der Waals surface area contributed by atoms with E-state index in [2.05, 4.69) is 24.2 Å². The molecule has 6 N–H and O–H groups in total. The molecule has 0 unspecified atom stereocenters. The molecular formula is C14H28N4O2. The second kappa shape index (κ2) is 11.3. The van der Waals surface area contributed by atoms with Gasteiger partial charge in [0.2, 0.25) is 5.91 Å². The smallest absolute Gasteiger partial charge is 0.222 e. The Labute approximate surface area is 121 Å². The number of nitrogens with one attached hydrogen (secondary N) is 1. The average Bonchev–Trinajstić information content (AvgIpc) is 2.32. The third-order valence-electron chi connectivity index (χ3n) is 2.63. The molecule has 6 nitrogen and oxygen atoms in total. The Kier molecular flexibility index (Phi) is 10.4. The van der Waals surface area contributed by atoms with Gasteiger partial charge in [-0.25, -0.2) is 0 Å². The molecule has 0 spiro atoms. The molecule has 0 bridgehead atoms. The van der Waals surface area contributed by atoms with Gasteiger partial charge in [-0.1, -0.05) is 26.0 Å². The number of amides is 1. The van der Waals surface area contributed by atoms with Gasteiger partial charge in [-0.05, 0) is 25.2 Å². The lowest BCUT2D eigenvalue weighted by atomic mass is 10.0. The number of rotatable bonds is 10. The molecule has 1 atom stereocenters. The second-order valence-corrected chi connectivity index (χ2v) is 5.19. The number of allylic oxidation sites excluding steroid dienone is 1. The lowest BCUT2D eigenvalue weighted by Crippen LogP contribution is -2.26. The van der Waals surface area contributed by atoms with Crippen molar-refractivity contribution in [3.63, 3.8) is 0 Å². The maximum absolute atomic E-state index is 11.4. The number of nitrogens with zero attached hydrogens (tertiary/aromatic N) is 1. The molecule has 0 aliphatic carbocycles. The van der Waals surface area contributed by atoms with Gasteiger partial charge in [0.1, 0.15) is 0 Å². The van der Waals surface area contributed by atoms with Crippen molar-refractivity contribution in [1.29, 1.82) is 0 Å². The van der Waals surface area contributed by atoms with Crippen molar-refractivity contribution in [3.8, 4) is 0 Å². The fraction of sp³-hybridized carbons (Fsp3) is 0.714. The summed E-state index contributed by atoms with van der Waals surface area (Å²) in [4.78, 5) is 15.1. The van der Waals surface area contributed by atoms with Gasteiger partial charge in [-0.3, -0.25) is 9.79 Å². The van der Waals surface area contributed by atoms with Crippen molar-refractivity contribution in [2.45, 2.75) is 45.6 Å². The van der Waals surface area contributed by atoms with E-state index in [1.165, 1.54) is 0 Å². The van der Waals surface area contributed by atoms with Gasteiger partial charge < -0.3 is 21.9 Å². The molecule has 0 fully saturated rings. The van der Waals surface area contributed by atoms with Crippen molar-refractivity contribution in [1.82, 2.24) is 5.32 Å². The van der Waals surface area contributed by atoms with Gasteiger partial charge in [0, 0.05) is 13.0 Å². The molecule has 0 radical (unpaired) electrons. The quantitative estimate of drug-likeness (QED) is 0.266. The number of carbonyl (C=O) groups is 1. The first-order valence-electron chi connectivity index (χ1n) is 7.07. The van der Waals surface area contributed by atoms with Crippen LogP contribution in [0.3, 0.4) is 0 Å². The molecule has 0 aromatic rings. The molecule has 0 aliphatic rings. The number of carbonyl (C=O) groups excluding carboxylic acids is 1. The highest BCUT2D eigenvalue weighted by molar-refractivity contribution is 5.78. The summed E-state index contributed by atoms with van der Waals surface area (Å²) in [6.45, 7) is 4.98. The van der Waals surface area contributed by atoms with Crippen LogP contribution in [0.5, 0.6) is 0 Å². The van der Waals surface area contributed by atoms with Crippen LogP contribution in [0.1, 0.15) is 39.5 Å². The van der Waals surface area contributed by atoms with E-state index < -0.39 is 0 Å². The minimum atomic E-state index is -0.242. The van der Waals surface area contributed by atoms with Crippen LogP contribution in [0.4, 0.5) is 0 Å². The highest BCUT2D eigenvalue weighted by Gasteiger charge is 2.04. The van der Waals surface area contributed by atoms with E-state index in [0.717, 1.165) is 19.3 Å². The van der Waals surface area contributed by atoms with Crippen LogP contribution in [-0.2, 0) is 4.79 Å². The summed E-state index contributed by atoms with van der Waals surface area (Å²) >= 11 is 0. The van der Waals surface area contributed by atoms with E-state index in [9.17, 15) is 9.90 Å². The SMILES string of the molecule is CC(C)C[C@H](O)CC/C=C\CNC(=O)CCN=C(N)N. The topological polar surface area (TPSA) is 114 Å². The molecule has 0 aromatic heterocycles. The lowest BCUT2D eigenvalue weighted by Gasteiger charge is -2.11. The van der Waals surface area contributed by atoms with Gasteiger partial charge in [0.15, 0.2) is 5.96 Å². The van der Waals surface area contributed by atoms with E-state index >= 15 is 0 Å². The number of guanidine groups is 1. The number of nitrogens with two attached hydrogens (primary N) is 2. The third kappa shape index (κ3) is 12.9. The average molecular weight is 284 g/mol. The molecule has 0 saturated heterocycles. The van der Waals surface area contributed by atoms with Gasteiger partial charge >= 0.3 is 0 Å². The summed E-state index contributed by atoms with van der Waals surface area (Å²) in [5.74, 6) is 0.427. The number of aliphatic hydroxyl groups excluding tert-OH is 1. The molecule has 0 saturated carbocycles. The highest BCUT2D eigenvalue weighted by Crippen LogP contribution is 2.09. The fourth-order valence-electron chi connectivity index (χ4n) is 1.70. The van der Waals surface area contributed by atoms with Gasteiger partial charge in [-0.15, -0.1) is 0 Å². The Bertz CT molecular complexity index is 323. The Morgan fingerprint density at radius 1 is 1.35 bits per heavy atom. The molecule has 0 heterocycles. The Balaban J connectivity index is 3.56. The number of aliphatic hydroxyl groups is 1. The Morgan fingerprint density at radius 2 is 2.05 bits per heavy atom. The first-order chi connectivity index (χ1) is 9.41. The molecular weight excluding hydrogens is 256 g/mol. The van der Waals surface area contributed by atoms with Gasteiger partial charge in [-0.2, -0.15) is 0 Å². The predicted molar refractivity (Wildman–Crippen MR) is 82.1 cm³/mol. The minimum Gasteiger partial charge on any atom is -0.393 e. The van der Waals surface area contributed by atoms with Crippen molar-refractivity contribution < 1.29 is 9.90 Å². The summed E-state index contributed by atoms with van der Waals surface area (Å²) in [7, 11) is 0. The second-order valence-electron chi connectivity index (χ2n) is 5.19. The van der Waals surface area contributed by atoms with E-state index in [1.807, 2.05) is 12.2 Å². The first kappa shape index (κ1) is 18.4. The zero-order chi connectivity index (χ0) is 15.4. The zero-order valence-electron chi connectivity index (χ0n) is 12.5. The summed E-state index contributed by atoms with van der Waals surface area (Å²) in [5, 5.41) is 12.4. The van der Waals surface area contributed by atoms with Crippen LogP contribution >= 0.6 is 0 Å². The van der Waals surface area contributed by atoms with Crippen LogP contribution in [-0.4, -0.2) is 36.2 Å². The molecule has 0 aliphatic heterocycles. The third-order valence-corrected chi connectivity index (χ3v) is 2.63. The van der Waals surface area contributed by atoms with Gasteiger partial charge in [0.05, 0.1) is 12.6 Å². The molecule has 1 amide bonds. The normalized spacial score (nSPS) is 12.6. The number of hydrogen-bond acceptors (Lipinski definition) is 3. The van der Waals surface area contributed by atoms with Crippen LogP contribution in [0, 0.1) is 5.92 Å². The zero-order valence-corrected chi connectivity index (χ0v) is 12.5. The Morgan fingerprint density at radius 3 is 2.65 bits per heavy atom. The number of hydrogen-bond donors (Lipinski definition) is 4. The molecule has 116 valence electrons. The predicted octanol–water partition coefficient (Wildman–Crippen LogP) is 0.510. The Hall–Kier alpha value is -1.56. The van der Waals surface area contributed by atoms with Gasteiger partial charge in [0.25, 0.3) is 0 Å². The molecule has 6 heteroatoms. The van der Waals surface area contributed by atoms with Crippen molar-refractivity contribution in [2.75, 3.05) is 13.1 Å². The van der Waals surface area contributed by atoms with Crippen molar-refractivity contribution in [2.24, 2.45) is 22.4 Å². The van der Waals surface area contributed by atoms with E-state index in [4.69, 9.17) is 11.5 Å². The maximum Gasteiger partial charge on any atom is 0.222 e. The lowest BCUT2D eigenvalue weighted by molar-refractivity contribution is -0.120. The molecule has 20 heavy (non-hydrogen) atoms. The van der Waals surface area contributed by atoms with E-state index in [-0.39, 0.29) is 24.4 Å². The van der Waals surface area contributed by atoms with Crippen LogP contribution < -0.4 is 16.8 Å². The molecule has 0 rings (SSSR count). The van der Waals surface area contributed by atoms with Crippen molar-refractivity contribution >= 4 is 11.9 Å². The first-order valence-corrected chi connectivity index (χ1v) is 7.07. The summed E-state index contributed by atoms with van der Waals surface area (Å²) in [6, 6.07) is 0. The van der Waals surface area contributed by atoms with Crippen LogP contribution in [0.25, 0.3) is 0 Å². The molecule has 0 aromatic carbocycles. The van der Waals surface area contributed by atoms with Crippen molar-refractivity contribution in [3.05, 3.63) is 12.2 Å². The summed E-state index contributed by atoms with van der Waals surface area (Å²) < 4.78 is 0. The van der Waals surface area contributed by atoms with Crippen LogP contribution in [0.15, 0.2) is 17.1 Å². The summed E-state index contributed by atoms with van der Waals surface area (Å²) in [5.41, 5.74) is 10.3. The standard InChI is InChI=1S/C14H28N4O2/c1-11(2)10-12(19)6-4-3-5-8-17-13(20)7-9-18-14(15)16/h3,5,11-12,19H,4,6-10H2,1-2H3,(H,17,20)(H4,15,16,18)/b5-3-/t12-/m1/s1. The summed E-state index contributed by atoms with van der Waals surface area (Å²) in [6.07, 6.45) is 6.30. The van der Waals surface area contributed by atoms with E-state index in [0.29, 0.717) is 19.0 Å². The largest absolute Gasteiger partial charge is 0.393 e.